The minimum absolute atomic E-state index is 0.324. The fourth-order valence-electron chi connectivity index (χ4n) is 5.82. The number of aromatic amines is 1. The molecule has 1 saturated carbocycles. The Morgan fingerprint density at radius 2 is 2.03 bits per heavy atom. The molecule has 2 fully saturated rings. The van der Waals surface area contributed by atoms with E-state index in [2.05, 4.69) is 63.3 Å². The second-order valence-corrected chi connectivity index (χ2v) is 11.3. The van der Waals surface area contributed by atoms with E-state index < -0.39 is 5.41 Å². The van der Waals surface area contributed by atoms with E-state index in [1.165, 1.54) is 25.7 Å². The van der Waals surface area contributed by atoms with Crippen molar-refractivity contribution in [3.63, 3.8) is 0 Å². The number of tetrazole rings is 1. The topological polar surface area (TPSA) is 137 Å². The van der Waals surface area contributed by atoms with Gasteiger partial charge in [-0.3, -0.25) is 4.98 Å². The summed E-state index contributed by atoms with van der Waals surface area (Å²) in [5.41, 5.74) is 3.90. The van der Waals surface area contributed by atoms with Crippen molar-refractivity contribution in [2.75, 3.05) is 25.1 Å². The maximum Gasteiger partial charge on any atom is 0.176 e. The number of nitrogens with zero attached hydrogens (tertiary/aromatic N) is 6. The summed E-state index contributed by atoms with van der Waals surface area (Å²) in [6.45, 7) is 6.14. The summed E-state index contributed by atoms with van der Waals surface area (Å²) in [7, 11) is 0. The van der Waals surface area contributed by atoms with E-state index in [1.54, 1.807) is 0 Å². The van der Waals surface area contributed by atoms with Gasteiger partial charge in [0, 0.05) is 55.7 Å². The Labute approximate surface area is 230 Å². The normalized spacial score (nSPS) is 21.7. The molecule has 3 aromatic heterocycles. The van der Waals surface area contributed by atoms with Crippen LogP contribution in [0.3, 0.4) is 0 Å². The van der Waals surface area contributed by atoms with Crippen LogP contribution in [-0.4, -0.2) is 62.4 Å². The van der Waals surface area contributed by atoms with E-state index in [4.69, 9.17) is 14.7 Å². The maximum absolute atomic E-state index is 9.77. The number of pyridine rings is 2. The number of anilines is 1. The number of ether oxygens (including phenoxy) is 1. The highest BCUT2D eigenvalue weighted by atomic mass is 16.5. The zero-order valence-electron chi connectivity index (χ0n) is 23.0. The monoisotopic (exact) mass is 529 g/mol. The van der Waals surface area contributed by atoms with Crippen LogP contribution in [0.4, 0.5) is 5.82 Å². The lowest BCUT2D eigenvalue weighted by atomic mass is 9.82. The molecule has 0 radical (unpaired) electrons. The molecule has 0 bridgehead atoms. The number of H-pyrrole nitrogens is 1. The molecule has 10 heteroatoms. The van der Waals surface area contributed by atoms with Crippen molar-refractivity contribution in [2.45, 2.75) is 77.3 Å². The first-order valence-corrected chi connectivity index (χ1v) is 14.2. The zero-order chi connectivity index (χ0) is 27.1. The van der Waals surface area contributed by atoms with Crippen LogP contribution in [0.25, 0.3) is 11.3 Å². The summed E-state index contributed by atoms with van der Waals surface area (Å²) in [5, 5.41) is 31.2. The fourth-order valence-corrected chi connectivity index (χ4v) is 5.82. The second kappa shape index (κ2) is 12.6. The van der Waals surface area contributed by atoms with Crippen LogP contribution >= 0.6 is 0 Å². The summed E-state index contributed by atoms with van der Waals surface area (Å²) in [6, 6.07) is 11.6. The van der Waals surface area contributed by atoms with Crippen LogP contribution in [0.2, 0.25) is 0 Å². The summed E-state index contributed by atoms with van der Waals surface area (Å²) in [6.07, 6.45) is 9.99. The molecular weight excluding hydrogens is 490 g/mol. The van der Waals surface area contributed by atoms with E-state index in [9.17, 15) is 5.26 Å². The molecule has 3 aromatic rings. The van der Waals surface area contributed by atoms with Gasteiger partial charge < -0.3 is 15.4 Å². The number of rotatable bonds is 10. The molecule has 0 amide bonds. The van der Waals surface area contributed by atoms with Crippen LogP contribution < -0.4 is 10.6 Å². The maximum atomic E-state index is 9.77. The average Bonchev–Trinajstić information content (AvgIpc) is 3.47. The third-order valence-electron chi connectivity index (χ3n) is 8.22. The van der Waals surface area contributed by atoms with E-state index in [0.717, 1.165) is 59.8 Å². The van der Waals surface area contributed by atoms with Gasteiger partial charge in [0.1, 0.15) is 5.82 Å². The summed E-state index contributed by atoms with van der Waals surface area (Å²) < 4.78 is 5.46. The van der Waals surface area contributed by atoms with Gasteiger partial charge in [0.05, 0.1) is 17.2 Å². The summed E-state index contributed by atoms with van der Waals surface area (Å²) in [5.74, 6) is 2.19. The molecule has 0 unspecified atom stereocenters. The number of hydrogen-bond acceptors (Lipinski definition) is 9. The molecule has 206 valence electrons. The number of nitrogens with one attached hydrogen (secondary N) is 3. The highest BCUT2D eigenvalue weighted by molar-refractivity contribution is 5.65. The largest absolute Gasteiger partial charge is 0.381 e. The standard InChI is InChI=1S/C29H39N9O/c1-20-17-31-24(15-22-6-8-23(9-7-22)33-21(2)14-28-35-37-38-36-28)16-25(20)26-4-3-5-27(34-26)32-19-29(18-30)10-12-39-13-11-29/h3-5,16-17,21-23,33H,6-15,19H2,1-2H3,(H,32,34)(H,35,36,37,38)/t21-,22?,23?/m0/s1. The molecule has 4 heterocycles. The molecular formula is C29H39N9O. The first-order chi connectivity index (χ1) is 19.0. The van der Waals surface area contributed by atoms with Crippen molar-refractivity contribution in [1.82, 2.24) is 35.9 Å². The van der Waals surface area contributed by atoms with Crippen LogP contribution in [0, 0.1) is 29.6 Å². The van der Waals surface area contributed by atoms with Gasteiger partial charge in [0.25, 0.3) is 0 Å². The van der Waals surface area contributed by atoms with Gasteiger partial charge >= 0.3 is 0 Å². The molecule has 10 nitrogen and oxygen atoms in total. The molecule has 1 saturated heterocycles. The molecule has 0 aromatic carbocycles. The molecule has 0 spiro atoms. The van der Waals surface area contributed by atoms with Gasteiger partial charge in [-0.05, 0) is 88.5 Å². The molecule has 39 heavy (non-hydrogen) atoms. The van der Waals surface area contributed by atoms with Crippen molar-refractivity contribution in [2.24, 2.45) is 11.3 Å². The second-order valence-electron chi connectivity index (χ2n) is 11.3. The number of nitriles is 1. The number of hydrogen-bond donors (Lipinski definition) is 3. The Morgan fingerprint density at radius 1 is 1.21 bits per heavy atom. The lowest BCUT2D eigenvalue weighted by Crippen LogP contribution is -2.40. The first kappa shape index (κ1) is 27.2. The SMILES string of the molecule is Cc1cnc(CC2CCC(N[C@@H](C)Cc3nn[nH]n3)CC2)cc1-c1cccc(NCC2(C#N)CCOCC2)n1. The molecule has 1 atom stereocenters. The zero-order valence-corrected chi connectivity index (χ0v) is 23.0. The predicted molar refractivity (Wildman–Crippen MR) is 149 cm³/mol. The highest BCUT2D eigenvalue weighted by Gasteiger charge is 2.32. The van der Waals surface area contributed by atoms with Crippen molar-refractivity contribution < 1.29 is 4.74 Å². The van der Waals surface area contributed by atoms with Gasteiger partial charge in [0.2, 0.25) is 0 Å². The quantitative estimate of drug-likeness (QED) is 0.355. The van der Waals surface area contributed by atoms with Crippen LogP contribution in [0.1, 0.15) is 62.5 Å². The fraction of sp³-hybridized carbons (Fsp3) is 0.586. The smallest absolute Gasteiger partial charge is 0.176 e. The Balaban J connectivity index is 1.16. The van der Waals surface area contributed by atoms with Crippen LogP contribution in [0.15, 0.2) is 30.5 Å². The van der Waals surface area contributed by atoms with Gasteiger partial charge in [0.15, 0.2) is 5.82 Å². The highest BCUT2D eigenvalue weighted by Crippen LogP contribution is 2.31. The minimum atomic E-state index is -0.392. The minimum Gasteiger partial charge on any atom is -0.381 e. The van der Waals surface area contributed by atoms with Crippen molar-refractivity contribution >= 4 is 5.82 Å². The van der Waals surface area contributed by atoms with Gasteiger partial charge in [-0.2, -0.15) is 10.5 Å². The van der Waals surface area contributed by atoms with Crippen LogP contribution in [0.5, 0.6) is 0 Å². The lowest BCUT2D eigenvalue weighted by Gasteiger charge is -2.31. The molecule has 3 N–H and O–H groups in total. The summed E-state index contributed by atoms with van der Waals surface area (Å²) in [4.78, 5) is 9.68. The Kier molecular flexibility index (Phi) is 8.79. The number of aryl methyl sites for hydroxylation is 1. The predicted octanol–water partition coefficient (Wildman–Crippen LogP) is 4.02. The molecule has 1 aliphatic carbocycles. The molecule has 5 rings (SSSR count). The van der Waals surface area contributed by atoms with E-state index >= 15 is 0 Å². The van der Waals surface area contributed by atoms with Gasteiger partial charge in [-0.1, -0.05) is 11.3 Å². The Bertz CT molecular complexity index is 1240. The van der Waals surface area contributed by atoms with E-state index in [-0.39, 0.29) is 0 Å². The first-order valence-electron chi connectivity index (χ1n) is 14.2. The average molecular weight is 530 g/mol. The van der Waals surface area contributed by atoms with Crippen molar-refractivity contribution in [1.29, 1.82) is 5.26 Å². The lowest BCUT2D eigenvalue weighted by molar-refractivity contribution is 0.0455. The molecule has 1 aliphatic heterocycles. The Morgan fingerprint density at radius 3 is 2.77 bits per heavy atom. The van der Waals surface area contributed by atoms with Gasteiger partial charge in [-0.25, -0.2) is 4.98 Å². The van der Waals surface area contributed by atoms with E-state index in [0.29, 0.717) is 37.8 Å². The van der Waals surface area contributed by atoms with Crippen LogP contribution in [-0.2, 0) is 17.6 Å². The molecule has 2 aliphatic rings. The Hall–Kier alpha value is -3.42. The summed E-state index contributed by atoms with van der Waals surface area (Å²) >= 11 is 0. The number of aromatic nitrogens is 6. The third-order valence-corrected chi connectivity index (χ3v) is 8.22. The third kappa shape index (κ3) is 7.16. The van der Waals surface area contributed by atoms with Crippen molar-refractivity contribution in [3.05, 3.63) is 47.5 Å². The van der Waals surface area contributed by atoms with E-state index in [1.807, 2.05) is 18.3 Å². The van der Waals surface area contributed by atoms with Crippen molar-refractivity contribution in [3.8, 4) is 17.3 Å². The van der Waals surface area contributed by atoms with Gasteiger partial charge in [-0.15, -0.1) is 10.2 Å².